The third kappa shape index (κ3) is 3.02. The van der Waals surface area contributed by atoms with Gasteiger partial charge in [0.05, 0.1) is 21.8 Å². The molecule has 0 N–H and O–H groups in total. The molecule has 0 atom stereocenters. The van der Waals surface area contributed by atoms with E-state index in [1.165, 1.54) is 0 Å². The van der Waals surface area contributed by atoms with Gasteiger partial charge >= 0.3 is 7.12 Å². The predicted molar refractivity (Wildman–Crippen MR) is 83.5 cm³/mol. The Bertz CT molecular complexity index is 487. The van der Waals surface area contributed by atoms with Gasteiger partial charge in [0.2, 0.25) is 0 Å². The van der Waals surface area contributed by atoms with Crippen LogP contribution in [0.4, 0.5) is 0 Å². The van der Waals surface area contributed by atoms with Crippen LogP contribution in [0.25, 0.3) is 0 Å². The molecule has 1 fully saturated rings. The van der Waals surface area contributed by atoms with Gasteiger partial charge in [-0.05, 0) is 51.7 Å². The SMILES string of the molecule is CC(C)Cc1cc(Cl)cnc1B1OC(C)(C)C(C)(C)O1. The molecule has 0 radical (unpaired) electrons. The molecule has 2 rings (SSSR count). The maximum absolute atomic E-state index is 6.08. The fourth-order valence-corrected chi connectivity index (χ4v) is 2.44. The summed E-state index contributed by atoms with van der Waals surface area (Å²) in [6, 6.07) is 1.97. The minimum atomic E-state index is -0.425. The summed E-state index contributed by atoms with van der Waals surface area (Å²) in [5.41, 5.74) is 1.25. The summed E-state index contributed by atoms with van der Waals surface area (Å²) in [5, 5.41) is 0.654. The summed E-state index contributed by atoms with van der Waals surface area (Å²) >= 11 is 6.07. The maximum atomic E-state index is 6.08. The smallest absolute Gasteiger partial charge is 0.398 e. The Morgan fingerprint density at radius 1 is 1.20 bits per heavy atom. The van der Waals surface area contributed by atoms with Crippen LogP contribution in [0.15, 0.2) is 12.3 Å². The first-order valence-corrected chi connectivity index (χ1v) is 7.50. The fourth-order valence-electron chi connectivity index (χ4n) is 2.26. The van der Waals surface area contributed by atoms with Gasteiger partial charge in [0.1, 0.15) is 0 Å². The Hall–Kier alpha value is -0.575. The molecular formula is C15H23BClNO2. The fraction of sp³-hybridized carbons (Fsp3) is 0.667. The van der Waals surface area contributed by atoms with Crippen molar-refractivity contribution in [2.45, 2.75) is 59.2 Å². The summed E-state index contributed by atoms with van der Waals surface area (Å²) in [5.74, 6) is 0.524. The van der Waals surface area contributed by atoms with Gasteiger partial charge in [0.15, 0.2) is 0 Å². The first-order valence-electron chi connectivity index (χ1n) is 7.12. The molecule has 1 saturated heterocycles. The van der Waals surface area contributed by atoms with Gasteiger partial charge in [-0.25, -0.2) is 0 Å². The molecule has 2 heterocycles. The topological polar surface area (TPSA) is 31.4 Å². The number of nitrogens with zero attached hydrogens (tertiary/aromatic N) is 1. The van der Waals surface area contributed by atoms with Crippen LogP contribution in [0.3, 0.4) is 0 Å². The molecule has 1 aliphatic heterocycles. The van der Waals surface area contributed by atoms with Gasteiger partial charge in [-0.1, -0.05) is 25.4 Å². The molecule has 1 aromatic heterocycles. The summed E-state index contributed by atoms with van der Waals surface area (Å²) < 4.78 is 12.2. The monoisotopic (exact) mass is 295 g/mol. The van der Waals surface area contributed by atoms with Gasteiger partial charge < -0.3 is 9.31 Å². The van der Waals surface area contributed by atoms with E-state index >= 15 is 0 Å². The van der Waals surface area contributed by atoms with E-state index in [1.807, 2.05) is 33.8 Å². The quantitative estimate of drug-likeness (QED) is 0.802. The molecule has 20 heavy (non-hydrogen) atoms. The lowest BCUT2D eigenvalue weighted by atomic mass is 9.79. The highest BCUT2D eigenvalue weighted by molar-refractivity contribution is 6.61. The van der Waals surface area contributed by atoms with Crippen LogP contribution in [0.1, 0.15) is 47.1 Å². The lowest BCUT2D eigenvalue weighted by molar-refractivity contribution is 0.00578. The zero-order chi connectivity index (χ0) is 15.1. The normalized spacial score (nSPS) is 20.7. The Kier molecular flexibility index (Phi) is 4.21. The Balaban J connectivity index is 2.34. The van der Waals surface area contributed by atoms with Gasteiger partial charge in [-0.3, -0.25) is 4.98 Å². The van der Waals surface area contributed by atoms with Crippen molar-refractivity contribution < 1.29 is 9.31 Å². The van der Waals surface area contributed by atoms with Gasteiger partial charge in [-0.15, -0.1) is 0 Å². The van der Waals surface area contributed by atoms with Crippen LogP contribution < -0.4 is 5.59 Å². The molecule has 1 aliphatic rings. The van der Waals surface area contributed by atoms with E-state index in [0.29, 0.717) is 10.9 Å². The van der Waals surface area contributed by atoms with E-state index in [2.05, 4.69) is 18.8 Å². The number of hydrogen-bond donors (Lipinski definition) is 0. The van der Waals surface area contributed by atoms with Crippen molar-refractivity contribution in [3.63, 3.8) is 0 Å². The van der Waals surface area contributed by atoms with Crippen LogP contribution in [0.2, 0.25) is 5.02 Å². The van der Waals surface area contributed by atoms with Crippen molar-refractivity contribution in [2.24, 2.45) is 5.92 Å². The molecule has 0 aromatic carbocycles. The first-order chi connectivity index (χ1) is 9.12. The molecule has 1 aromatic rings. The average molecular weight is 296 g/mol. The van der Waals surface area contributed by atoms with Gasteiger partial charge in [0.25, 0.3) is 0 Å². The highest BCUT2D eigenvalue weighted by atomic mass is 35.5. The third-order valence-electron chi connectivity index (χ3n) is 4.07. The lowest BCUT2D eigenvalue weighted by Gasteiger charge is -2.32. The van der Waals surface area contributed by atoms with Crippen molar-refractivity contribution in [1.29, 1.82) is 0 Å². The van der Waals surface area contributed by atoms with E-state index in [0.717, 1.165) is 17.6 Å². The molecule has 0 unspecified atom stereocenters. The van der Waals surface area contributed by atoms with Crippen molar-refractivity contribution in [1.82, 2.24) is 4.98 Å². The minimum Gasteiger partial charge on any atom is -0.398 e. The van der Waals surface area contributed by atoms with Crippen LogP contribution in [-0.4, -0.2) is 23.3 Å². The third-order valence-corrected chi connectivity index (χ3v) is 4.28. The zero-order valence-corrected chi connectivity index (χ0v) is 13.9. The number of halogens is 1. The lowest BCUT2D eigenvalue weighted by Crippen LogP contribution is -2.41. The second-order valence-electron chi connectivity index (χ2n) is 6.88. The van der Waals surface area contributed by atoms with Gasteiger partial charge in [0, 0.05) is 6.20 Å². The number of rotatable bonds is 3. The van der Waals surface area contributed by atoms with Gasteiger partial charge in [-0.2, -0.15) is 0 Å². The Labute approximate surface area is 127 Å². The molecule has 0 spiro atoms. The second kappa shape index (κ2) is 5.32. The van der Waals surface area contributed by atoms with Crippen LogP contribution >= 0.6 is 11.6 Å². The average Bonchev–Trinajstić information content (AvgIpc) is 2.46. The van der Waals surface area contributed by atoms with E-state index < -0.39 is 7.12 Å². The molecule has 3 nitrogen and oxygen atoms in total. The van der Waals surface area contributed by atoms with Crippen LogP contribution in [0.5, 0.6) is 0 Å². The first kappa shape index (κ1) is 15.8. The van der Waals surface area contributed by atoms with Crippen LogP contribution in [-0.2, 0) is 15.7 Å². The minimum absolute atomic E-state index is 0.353. The summed E-state index contributed by atoms with van der Waals surface area (Å²) in [4.78, 5) is 4.46. The largest absolute Gasteiger partial charge is 0.514 e. The van der Waals surface area contributed by atoms with Crippen LogP contribution in [0, 0.1) is 5.92 Å². The maximum Gasteiger partial charge on any atom is 0.514 e. The Morgan fingerprint density at radius 2 is 1.75 bits per heavy atom. The molecule has 0 aliphatic carbocycles. The van der Waals surface area contributed by atoms with Crippen molar-refractivity contribution in [3.8, 4) is 0 Å². The molecular weight excluding hydrogens is 272 g/mol. The van der Waals surface area contributed by atoms with E-state index in [-0.39, 0.29) is 11.2 Å². The van der Waals surface area contributed by atoms with E-state index in [9.17, 15) is 0 Å². The standard InChI is InChI=1S/C15H23BClNO2/c1-10(2)7-11-8-12(17)9-18-13(11)16-19-14(3,4)15(5,6)20-16/h8-10H,7H2,1-6H3. The molecule has 0 saturated carbocycles. The number of aromatic nitrogens is 1. The number of hydrogen-bond acceptors (Lipinski definition) is 3. The van der Waals surface area contributed by atoms with Crippen molar-refractivity contribution in [3.05, 3.63) is 22.8 Å². The highest BCUT2D eigenvalue weighted by Gasteiger charge is 2.52. The summed E-state index contributed by atoms with van der Waals surface area (Å²) in [6.07, 6.45) is 2.57. The summed E-state index contributed by atoms with van der Waals surface area (Å²) in [7, 11) is -0.425. The Morgan fingerprint density at radius 3 is 2.25 bits per heavy atom. The zero-order valence-electron chi connectivity index (χ0n) is 13.2. The number of pyridine rings is 1. The van der Waals surface area contributed by atoms with Crippen molar-refractivity contribution >= 4 is 24.3 Å². The van der Waals surface area contributed by atoms with E-state index in [4.69, 9.17) is 20.9 Å². The summed E-state index contributed by atoms with van der Waals surface area (Å²) in [6.45, 7) is 12.5. The highest BCUT2D eigenvalue weighted by Crippen LogP contribution is 2.36. The predicted octanol–water partition coefficient (Wildman–Crippen LogP) is 3.23. The molecule has 110 valence electrons. The van der Waals surface area contributed by atoms with E-state index in [1.54, 1.807) is 6.20 Å². The molecule has 0 bridgehead atoms. The second-order valence-corrected chi connectivity index (χ2v) is 7.32. The molecule has 0 amide bonds. The van der Waals surface area contributed by atoms with Crippen molar-refractivity contribution in [2.75, 3.05) is 0 Å². The molecule has 5 heteroatoms.